The molecule has 1 N–H and O–H groups in total. The summed E-state index contributed by atoms with van der Waals surface area (Å²) in [6.07, 6.45) is 5.10. The number of nitrogens with one attached hydrogen (secondary N) is 1. The Labute approximate surface area is 89.6 Å². The summed E-state index contributed by atoms with van der Waals surface area (Å²) in [7, 11) is 1.69. The van der Waals surface area contributed by atoms with Gasteiger partial charge >= 0.3 is 0 Å². The van der Waals surface area contributed by atoms with Gasteiger partial charge in [-0.25, -0.2) is 0 Å². The van der Waals surface area contributed by atoms with Gasteiger partial charge in [0.2, 0.25) is 0 Å². The second kappa shape index (κ2) is 7.87. The van der Waals surface area contributed by atoms with E-state index < -0.39 is 0 Å². The van der Waals surface area contributed by atoms with Crippen molar-refractivity contribution in [3.63, 3.8) is 0 Å². The third-order valence-electron chi connectivity index (χ3n) is 1.75. The van der Waals surface area contributed by atoms with Crippen LogP contribution in [-0.4, -0.2) is 36.7 Å². The van der Waals surface area contributed by atoms with Crippen LogP contribution in [-0.2, 0) is 11.2 Å². The van der Waals surface area contributed by atoms with Crippen molar-refractivity contribution >= 4 is 6.21 Å². The number of nitrogens with zero attached hydrogens (tertiary/aromatic N) is 3. The highest BCUT2D eigenvalue weighted by Crippen LogP contribution is 1.89. The van der Waals surface area contributed by atoms with Crippen molar-refractivity contribution in [2.24, 2.45) is 5.10 Å². The van der Waals surface area contributed by atoms with Crippen molar-refractivity contribution in [2.45, 2.75) is 12.8 Å². The van der Waals surface area contributed by atoms with E-state index >= 15 is 0 Å². The molecule has 0 aliphatic rings. The summed E-state index contributed by atoms with van der Waals surface area (Å²) in [5.74, 6) is 0. The Kier molecular flexibility index (Phi) is 6.08. The Morgan fingerprint density at radius 3 is 3.27 bits per heavy atom. The molecule has 0 aliphatic heterocycles. The molecule has 0 aliphatic carbocycles. The number of hydrazone groups is 1. The fourth-order valence-electron chi connectivity index (χ4n) is 1.01. The van der Waals surface area contributed by atoms with Crippen LogP contribution in [0.4, 0.5) is 0 Å². The van der Waals surface area contributed by atoms with Crippen LogP contribution in [0.3, 0.4) is 0 Å². The highest BCUT2D eigenvalue weighted by molar-refractivity contribution is 5.59. The lowest BCUT2D eigenvalue weighted by Crippen LogP contribution is -2.10. The normalized spacial score (nSPS) is 10.7. The Hall–Kier alpha value is -1.49. The first kappa shape index (κ1) is 11.6. The van der Waals surface area contributed by atoms with Crippen LogP contribution in [0, 0.1) is 0 Å². The maximum Gasteiger partial charge on any atom is 0.0685 e. The summed E-state index contributed by atoms with van der Waals surface area (Å²) in [5, 5.41) is 11.8. The lowest BCUT2D eigenvalue weighted by Gasteiger charge is -1.98. The smallest absolute Gasteiger partial charge is 0.0685 e. The molecule has 0 amide bonds. The van der Waals surface area contributed by atoms with E-state index in [0.717, 1.165) is 25.3 Å². The quantitative estimate of drug-likeness (QED) is 0.405. The van der Waals surface area contributed by atoms with Gasteiger partial charge in [0.1, 0.15) is 0 Å². The first-order chi connectivity index (χ1) is 7.43. The Morgan fingerprint density at radius 1 is 1.60 bits per heavy atom. The predicted molar refractivity (Wildman–Crippen MR) is 58.7 cm³/mol. The van der Waals surface area contributed by atoms with Crippen molar-refractivity contribution in [1.82, 2.24) is 15.6 Å². The van der Waals surface area contributed by atoms with E-state index in [-0.39, 0.29) is 0 Å². The van der Waals surface area contributed by atoms with Crippen molar-refractivity contribution in [1.29, 1.82) is 0 Å². The number of ether oxygens (including phenoxy) is 1. The topological polar surface area (TPSA) is 59.4 Å². The van der Waals surface area contributed by atoms with E-state index in [0.29, 0.717) is 6.42 Å². The molecule has 0 bridgehead atoms. The second-order valence-corrected chi connectivity index (χ2v) is 2.99. The van der Waals surface area contributed by atoms with Crippen LogP contribution in [0.15, 0.2) is 23.4 Å². The van der Waals surface area contributed by atoms with Crippen molar-refractivity contribution < 1.29 is 4.74 Å². The van der Waals surface area contributed by atoms with E-state index in [9.17, 15) is 0 Å². The summed E-state index contributed by atoms with van der Waals surface area (Å²) in [6.45, 7) is 1.58. The van der Waals surface area contributed by atoms with Crippen LogP contribution in [0.1, 0.15) is 12.1 Å². The Bertz CT molecular complexity index is 276. The third-order valence-corrected chi connectivity index (χ3v) is 1.75. The van der Waals surface area contributed by atoms with Gasteiger partial charge in [0.05, 0.1) is 5.69 Å². The summed E-state index contributed by atoms with van der Waals surface area (Å²) >= 11 is 0. The van der Waals surface area contributed by atoms with Gasteiger partial charge in [0.25, 0.3) is 0 Å². The number of rotatable bonds is 7. The number of hydrogen-bond acceptors (Lipinski definition) is 5. The molecule has 82 valence electrons. The van der Waals surface area contributed by atoms with E-state index in [1.165, 1.54) is 0 Å². The lowest BCUT2D eigenvalue weighted by molar-refractivity contribution is 0.194. The van der Waals surface area contributed by atoms with Gasteiger partial charge in [-0.1, -0.05) is 0 Å². The number of methoxy groups -OCH3 is 1. The molecular formula is C10H16N4O. The summed E-state index contributed by atoms with van der Waals surface area (Å²) in [4.78, 5) is 0. The van der Waals surface area contributed by atoms with Gasteiger partial charge in [0.15, 0.2) is 0 Å². The average molecular weight is 208 g/mol. The zero-order valence-electron chi connectivity index (χ0n) is 8.89. The van der Waals surface area contributed by atoms with Gasteiger partial charge in [-0.2, -0.15) is 15.3 Å². The maximum atomic E-state index is 4.91. The van der Waals surface area contributed by atoms with E-state index in [4.69, 9.17) is 4.74 Å². The molecule has 5 heteroatoms. The zero-order chi connectivity index (χ0) is 10.8. The van der Waals surface area contributed by atoms with Crippen molar-refractivity contribution in [3.8, 4) is 0 Å². The van der Waals surface area contributed by atoms with Gasteiger partial charge < -0.3 is 10.2 Å². The molecule has 1 rings (SSSR count). The molecule has 0 fully saturated rings. The Balaban J connectivity index is 2.07. The molecule has 0 atom stereocenters. The van der Waals surface area contributed by atoms with Gasteiger partial charge in [-0.05, 0) is 18.6 Å². The molecule has 1 aromatic heterocycles. The minimum absolute atomic E-state index is 0.700. The first-order valence-corrected chi connectivity index (χ1v) is 4.93. The molecule has 1 heterocycles. The molecule has 0 spiro atoms. The number of aromatic nitrogens is 2. The minimum Gasteiger partial charge on any atom is -0.385 e. The van der Waals surface area contributed by atoms with Crippen LogP contribution in [0.2, 0.25) is 0 Å². The van der Waals surface area contributed by atoms with Gasteiger partial charge in [0, 0.05) is 39.1 Å². The SMILES string of the molecule is COCCCN/N=C/Cc1cccnn1. The largest absolute Gasteiger partial charge is 0.385 e. The first-order valence-electron chi connectivity index (χ1n) is 4.93. The fraction of sp³-hybridized carbons (Fsp3) is 0.500. The number of hydrogen-bond donors (Lipinski definition) is 1. The molecule has 5 nitrogen and oxygen atoms in total. The fourth-order valence-corrected chi connectivity index (χ4v) is 1.01. The summed E-state index contributed by atoms with van der Waals surface area (Å²) in [5.41, 5.74) is 3.85. The monoisotopic (exact) mass is 208 g/mol. The molecule has 0 aromatic carbocycles. The third kappa shape index (κ3) is 5.74. The maximum absolute atomic E-state index is 4.91. The molecular weight excluding hydrogens is 192 g/mol. The average Bonchev–Trinajstić information content (AvgIpc) is 2.29. The molecule has 15 heavy (non-hydrogen) atoms. The molecule has 0 radical (unpaired) electrons. The summed E-state index contributed by atoms with van der Waals surface area (Å²) in [6, 6.07) is 3.78. The van der Waals surface area contributed by atoms with Crippen LogP contribution < -0.4 is 5.43 Å². The van der Waals surface area contributed by atoms with E-state index in [1.54, 1.807) is 19.5 Å². The minimum atomic E-state index is 0.700. The molecule has 0 saturated heterocycles. The highest BCUT2D eigenvalue weighted by Gasteiger charge is 1.88. The zero-order valence-corrected chi connectivity index (χ0v) is 8.89. The van der Waals surface area contributed by atoms with E-state index in [2.05, 4.69) is 20.7 Å². The summed E-state index contributed by atoms with van der Waals surface area (Å²) < 4.78 is 4.91. The van der Waals surface area contributed by atoms with Gasteiger partial charge in [-0.15, -0.1) is 0 Å². The lowest BCUT2D eigenvalue weighted by atomic mass is 10.3. The highest BCUT2D eigenvalue weighted by atomic mass is 16.5. The predicted octanol–water partition coefficient (Wildman–Crippen LogP) is 0.631. The van der Waals surface area contributed by atoms with E-state index in [1.807, 2.05) is 12.1 Å². The second-order valence-electron chi connectivity index (χ2n) is 2.99. The van der Waals surface area contributed by atoms with Crippen LogP contribution in [0.25, 0.3) is 0 Å². The van der Waals surface area contributed by atoms with Gasteiger partial charge in [-0.3, -0.25) is 0 Å². The van der Waals surface area contributed by atoms with Crippen molar-refractivity contribution in [2.75, 3.05) is 20.3 Å². The molecule has 1 aromatic rings. The molecule has 0 unspecified atom stereocenters. The standard InChI is InChI=1S/C10H16N4O/c1-15-9-3-7-11-12-8-5-10-4-2-6-13-14-10/h2,4,6,8,11H,3,5,7,9H2,1H3/b12-8+. The van der Waals surface area contributed by atoms with Crippen LogP contribution >= 0.6 is 0 Å². The Morgan fingerprint density at radius 2 is 2.53 bits per heavy atom. The molecule has 0 saturated carbocycles. The van der Waals surface area contributed by atoms with Crippen molar-refractivity contribution in [3.05, 3.63) is 24.0 Å². The van der Waals surface area contributed by atoms with Crippen LogP contribution in [0.5, 0.6) is 0 Å².